The zero-order chi connectivity index (χ0) is 57.9. The van der Waals surface area contributed by atoms with Crippen molar-refractivity contribution in [1.29, 1.82) is 0 Å². The molecule has 0 amide bonds. The maximum absolute atomic E-state index is 16.9. The standard InChI is InChI=1S/C34H34F2N4O3.C32H30F2N4O3/c1-3-25-28(35)7-4-21-14-24(41)15-26(30(21)25)32-31(36)29-19(2)34(43-13-10-20-8-11-42-12-9-20)39-33(27(29)16-37-32)40-17-22-5-6-23(18-40)38-22;1-3-23-26(33)7-4-18-12-21(39)13-24(28(18)23)30-29(34)27-17(2)32(41-22-8-10-40-11-9-22)37-31(25(27)14-35-30)38-15-19-5-6-20(16-38)36-19/h1,4,7,14-16,20,22-23,38,41H,5-6,8-13,17-18H2,2H3;1,4,7,12-14,19-20,22,36,39H,5-6,8-11,15-16H2,2H3. The van der Waals surface area contributed by atoms with Crippen molar-refractivity contribution in [2.24, 2.45) is 5.92 Å². The molecule has 432 valence electrons. The molecule has 4 aromatic carbocycles. The fourth-order valence-electron chi connectivity index (χ4n) is 13.6. The highest BCUT2D eigenvalue weighted by atomic mass is 19.1. The summed E-state index contributed by atoms with van der Waals surface area (Å²) in [5.41, 5.74) is 1.50. The number of nitrogens with zero attached hydrogens (tertiary/aromatic N) is 6. The molecule has 6 aliphatic heterocycles. The summed E-state index contributed by atoms with van der Waals surface area (Å²) < 4.78 is 87.0. The molecule has 8 aromatic rings. The van der Waals surface area contributed by atoms with E-state index < -0.39 is 23.3 Å². The lowest BCUT2D eigenvalue weighted by Gasteiger charge is -2.35. The molecule has 0 spiro atoms. The van der Waals surface area contributed by atoms with Crippen LogP contribution in [-0.2, 0) is 9.47 Å². The average molecular weight is 1140 g/mol. The maximum Gasteiger partial charge on any atom is 0.219 e. The summed E-state index contributed by atoms with van der Waals surface area (Å²) in [6.45, 7) is 9.85. The van der Waals surface area contributed by atoms with Crippen LogP contribution in [0.2, 0.25) is 0 Å². The topological polar surface area (TPSA) is 159 Å². The third-order valence-electron chi connectivity index (χ3n) is 17.8. The van der Waals surface area contributed by atoms with Crippen molar-refractivity contribution >= 4 is 54.7 Å². The van der Waals surface area contributed by atoms with E-state index in [4.69, 9.17) is 41.8 Å². The summed E-state index contributed by atoms with van der Waals surface area (Å²) in [5.74, 6) is 4.80. The summed E-state index contributed by atoms with van der Waals surface area (Å²) in [7, 11) is 0. The number of hydrogen-bond donors (Lipinski definition) is 4. The van der Waals surface area contributed by atoms with Crippen LogP contribution in [0.1, 0.15) is 80.0 Å². The number of fused-ring (bicyclic) bond motifs is 8. The average Bonchev–Trinajstić information content (AvgIpc) is 1.19. The van der Waals surface area contributed by atoms with Gasteiger partial charge in [0, 0.05) is 143 Å². The molecule has 4 unspecified atom stereocenters. The fourth-order valence-corrected chi connectivity index (χ4v) is 13.6. The normalized spacial score (nSPS) is 20.8. The molecule has 0 saturated carbocycles. The van der Waals surface area contributed by atoms with Crippen molar-refractivity contribution in [3.05, 3.63) is 106 Å². The Bertz CT molecular complexity index is 3990. The molecule has 10 heterocycles. The maximum atomic E-state index is 16.9. The minimum Gasteiger partial charge on any atom is -0.508 e. The van der Waals surface area contributed by atoms with Gasteiger partial charge in [0.05, 0.1) is 30.9 Å². The molecule has 14 rings (SSSR count). The Labute approximate surface area is 483 Å². The zero-order valence-corrected chi connectivity index (χ0v) is 46.8. The van der Waals surface area contributed by atoms with Crippen LogP contribution in [-0.4, -0.2) is 120 Å². The Morgan fingerprint density at radius 3 is 1.50 bits per heavy atom. The summed E-state index contributed by atoms with van der Waals surface area (Å²) in [6, 6.07) is 12.6. The number of aromatic nitrogens is 4. The van der Waals surface area contributed by atoms with Gasteiger partial charge in [-0.2, -0.15) is 9.97 Å². The molecule has 6 saturated heterocycles. The number of aromatic hydroxyl groups is 2. The van der Waals surface area contributed by atoms with Gasteiger partial charge in [-0.05, 0) is 112 Å². The predicted molar refractivity (Wildman–Crippen MR) is 316 cm³/mol. The van der Waals surface area contributed by atoms with Crippen LogP contribution < -0.4 is 29.9 Å². The molecule has 0 radical (unpaired) electrons. The van der Waals surface area contributed by atoms with E-state index >= 15 is 8.78 Å². The number of aryl methyl sites for hydroxylation is 2. The van der Waals surface area contributed by atoms with Crippen LogP contribution in [0.3, 0.4) is 0 Å². The van der Waals surface area contributed by atoms with Crippen LogP contribution in [0.4, 0.5) is 29.2 Å². The van der Waals surface area contributed by atoms with Crippen molar-refractivity contribution in [3.8, 4) is 70.5 Å². The molecule has 4 N–H and O–H groups in total. The molecule has 0 aliphatic carbocycles. The zero-order valence-electron chi connectivity index (χ0n) is 46.8. The molecule has 84 heavy (non-hydrogen) atoms. The monoisotopic (exact) mass is 1140 g/mol. The molecule has 4 bridgehead atoms. The molecule has 6 fully saturated rings. The van der Waals surface area contributed by atoms with Gasteiger partial charge in [-0.15, -0.1) is 12.8 Å². The number of terminal acetylenes is 2. The minimum absolute atomic E-state index is 0.00522. The predicted octanol–water partition coefficient (Wildman–Crippen LogP) is 11.1. The first-order valence-corrected chi connectivity index (χ1v) is 29.1. The van der Waals surface area contributed by atoms with Crippen molar-refractivity contribution in [3.63, 3.8) is 0 Å². The number of benzene rings is 4. The van der Waals surface area contributed by atoms with E-state index in [-0.39, 0.29) is 51.2 Å². The van der Waals surface area contributed by atoms with Gasteiger partial charge in [-0.3, -0.25) is 9.97 Å². The van der Waals surface area contributed by atoms with Gasteiger partial charge in [-0.25, -0.2) is 17.6 Å². The van der Waals surface area contributed by atoms with Crippen molar-refractivity contribution in [1.82, 2.24) is 30.6 Å². The largest absolute Gasteiger partial charge is 0.508 e. The number of rotatable bonds is 10. The van der Waals surface area contributed by atoms with Crippen LogP contribution in [0.5, 0.6) is 23.3 Å². The lowest BCUT2D eigenvalue weighted by atomic mass is 9.95. The number of phenolic OH excluding ortho intramolecular Hbond substituents is 2. The first kappa shape index (κ1) is 55.2. The number of nitrogens with one attached hydrogen (secondary N) is 2. The second-order valence-corrected chi connectivity index (χ2v) is 23.2. The highest BCUT2D eigenvalue weighted by molar-refractivity contribution is 6.06. The second kappa shape index (κ2) is 22.9. The van der Waals surface area contributed by atoms with E-state index in [0.29, 0.717) is 128 Å². The first-order chi connectivity index (χ1) is 40.8. The van der Waals surface area contributed by atoms with Gasteiger partial charge in [-0.1, -0.05) is 24.0 Å². The summed E-state index contributed by atoms with van der Waals surface area (Å²) in [4.78, 5) is 23.5. The van der Waals surface area contributed by atoms with E-state index in [1.807, 2.05) is 6.92 Å². The molecule has 18 heteroatoms. The number of phenols is 2. The third kappa shape index (κ3) is 10.3. The highest BCUT2D eigenvalue weighted by Crippen LogP contribution is 2.45. The Kier molecular flexibility index (Phi) is 15.0. The summed E-state index contributed by atoms with van der Waals surface area (Å²) >= 11 is 0. The van der Waals surface area contributed by atoms with Gasteiger partial charge < -0.3 is 49.6 Å². The number of hydrogen-bond acceptors (Lipinski definition) is 14. The number of halogens is 4. The highest BCUT2D eigenvalue weighted by Gasteiger charge is 2.37. The quantitative estimate of drug-likeness (QED) is 0.0757. The molecule has 14 nitrogen and oxygen atoms in total. The summed E-state index contributed by atoms with van der Waals surface area (Å²) in [6.07, 6.45) is 23.2. The van der Waals surface area contributed by atoms with Gasteiger partial charge in [0.25, 0.3) is 0 Å². The van der Waals surface area contributed by atoms with Crippen LogP contribution in [0.15, 0.2) is 60.9 Å². The van der Waals surface area contributed by atoms with Crippen LogP contribution in [0, 0.1) is 67.7 Å². The SMILES string of the molecule is C#Cc1c(F)ccc2cc(O)cc(-c3ncc4c(N5CC6CCC(C5)N6)nc(OC5CCOCC5)c(C)c4c3F)c12.C#Cc1c(F)ccc2cc(O)cc(-c3ncc4c(N5CC6CCC(C5)N6)nc(OCCC5CCOCC5)c(C)c4c3F)c12. The molecule has 6 aliphatic rings. The lowest BCUT2D eigenvalue weighted by molar-refractivity contribution is 0.0235. The minimum atomic E-state index is -0.601. The Morgan fingerprint density at radius 1 is 0.595 bits per heavy atom. The van der Waals surface area contributed by atoms with Gasteiger partial charge in [0.15, 0.2) is 11.6 Å². The van der Waals surface area contributed by atoms with E-state index in [1.54, 1.807) is 19.3 Å². The van der Waals surface area contributed by atoms with Crippen molar-refractivity contribution in [2.75, 3.05) is 69.0 Å². The van der Waals surface area contributed by atoms with Gasteiger partial charge >= 0.3 is 0 Å². The third-order valence-corrected chi connectivity index (χ3v) is 17.8. The van der Waals surface area contributed by atoms with E-state index in [0.717, 1.165) is 97.2 Å². The van der Waals surface area contributed by atoms with E-state index in [1.165, 1.54) is 48.5 Å². The van der Waals surface area contributed by atoms with Gasteiger partial charge in [0.1, 0.15) is 52.3 Å². The molecule has 4 atom stereocenters. The van der Waals surface area contributed by atoms with E-state index in [2.05, 4.69) is 42.2 Å². The number of piperazine rings is 2. The van der Waals surface area contributed by atoms with Crippen molar-refractivity contribution < 1.29 is 46.7 Å². The molecular formula is C66H64F4N8O6. The van der Waals surface area contributed by atoms with Crippen LogP contribution in [0.25, 0.3) is 65.6 Å². The van der Waals surface area contributed by atoms with Crippen molar-refractivity contribution in [2.45, 2.75) is 102 Å². The van der Waals surface area contributed by atoms with Gasteiger partial charge in [0.2, 0.25) is 11.8 Å². The molecule has 4 aromatic heterocycles. The second-order valence-electron chi connectivity index (χ2n) is 23.2. The fraction of sp³-hybridized carbons (Fsp3) is 0.394. The number of ether oxygens (including phenoxy) is 4. The number of anilines is 2. The molecular weight excluding hydrogens is 1080 g/mol. The summed E-state index contributed by atoms with van der Waals surface area (Å²) in [5, 5.41) is 31.8. The number of pyridine rings is 4. The van der Waals surface area contributed by atoms with E-state index in [9.17, 15) is 19.0 Å². The smallest absolute Gasteiger partial charge is 0.219 e. The Hall–Kier alpha value is -8.00. The Morgan fingerprint density at radius 2 is 1.04 bits per heavy atom. The first-order valence-electron chi connectivity index (χ1n) is 29.1. The lowest BCUT2D eigenvalue weighted by Crippen LogP contribution is -2.51. The Balaban J connectivity index is 0.000000157. The van der Waals surface area contributed by atoms with Crippen LogP contribution >= 0.6 is 0 Å².